The van der Waals surface area contributed by atoms with Gasteiger partial charge in [0.2, 0.25) is 5.91 Å². The number of ether oxygens (including phenoxy) is 1. The molecule has 1 unspecified atom stereocenters. The minimum atomic E-state index is -1.37. The zero-order chi connectivity index (χ0) is 21.9. The molecular formula is C20H20FN3O5S. The molecule has 1 saturated heterocycles. The molecule has 1 aromatic carbocycles. The lowest BCUT2D eigenvalue weighted by atomic mass is 9.87. The van der Waals surface area contributed by atoms with Gasteiger partial charge in [0.25, 0.3) is 5.91 Å². The maximum atomic E-state index is 13.3. The van der Waals surface area contributed by atoms with Crippen LogP contribution < -0.4 is 10.6 Å². The summed E-state index contributed by atoms with van der Waals surface area (Å²) in [6, 6.07) is 6.06. The number of thiophene rings is 1. The molecule has 4 amide bonds. The fraction of sp³-hybridized carbons (Fsp3) is 0.300. The molecule has 10 heteroatoms. The summed E-state index contributed by atoms with van der Waals surface area (Å²) in [6.07, 6.45) is 0.221. The number of halogens is 1. The number of nitrogens with zero attached hydrogens (tertiary/aromatic N) is 1. The van der Waals surface area contributed by atoms with Crippen LogP contribution in [0.4, 0.5) is 14.2 Å². The van der Waals surface area contributed by atoms with Crippen LogP contribution in [0.25, 0.3) is 0 Å². The van der Waals surface area contributed by atoms with Crippen LogP contribution in [0.5, 0.6) is 0 Å². The Morgan fingerprint density at radius 1 is 1.20 bits per heavy atom. The van der Waals surface area contributed by atoms with E-state index in [1.807, 2.05) is 0 Å². The second-order valence-corrected chi connectivity index (χ2v) is 7.44. The quantitative estimate of drug-likeness (QED) is 0.516. The van der Waals surface area contributed by atoms with Crippen molar-refractivity contribution in [2.45, 2.75) is 25.8 Å². The molecule has 1 aliphatic heterocycles. The van der Waals surface area contributed by atoms with Crippen LogP contribution in [0.2, 0.25) is 0 Å². The van der Waals surface area contributed by atoms with Gasteiger partial charge in [-0.25, -0.2) is 14.0 Å². The lowest BCUT2D eigenvalue weighted by Gasteiger charge is -2.25. The molecule has 2 N–H and O–H groups in total. The number of carbonyl (C=O) groups is 4. The van der Waals surface area contributed by atoms with Gasteiger partial charge in [0.1, 0.15) is 22.9 Å². The number of imide groups is 1. The molecule has 0 bridgehead atoms. The van der Waals surface area contributed by atoms with Crippen molar-refractivity contribution in [1.29, 1.82) is 0 Å². The smallest absolute Gasteiger partial charge is 0.341 e. The average Bonchev–Trinajstić information content (AvgIpc) is 3.27. The maximum Gasteiger partial charge on any atom is 0.341 e. The summed E-state index contributed by atoms with van der Waals surface area (Å²) in [4.78, 5) is 50.8. The van der Waals surface area contributed by atoms with Gasteiger partial charge in [-0.2, -0.15) is 0 Å². The molecular weight excluding hydrogens is 413 g/mol. The molecule has 1 aliphatic rings. The Kier molecular flexibility index (Phi) is 6.16. The van der Waals surface area contributed by atoms with Crippen LogP contribution in [0, 0.1) is 5.82 Å². The molecule has 1 aromatic heterocycles. The molecule has 3 rings (SSSR count). The third-order valence-electron chi connectivity index (χ3n) is 4.76. The van der Waals surface area contributed by atoms with Gasteiger partial charge in [-0.05, 0) is 42.5 Å². The van der Waals surface area contributed by atoms with Crippen molar-refractivity contribution in [3.63, 3.8) is 0 Å². The Balaban J connectivity index is 1.76. The van der Waals surface area contributed by atoms with E-state index in [0.29, 0.717) is 5.56 Å². The summed E-state index contributed by atoms with van der Waals surface area (Å²) in [5.41, 5.74) is -0.749. The van der Waals surface area contributed by atoms with Gasteiger partial charge in [-0.3, -0.25) is 14.5 Å². The lowest BCUT2D eigenvalue weighted by molar-refractivity contribution is -0.134. The largest absolute Gasteiger partial charge is 0.462 e. The molecule has 0 saturated carbocycles. The Morgan fingerprint density at radius 2 is 1.90 bits per heavy atom. The zero-order valence-corrected chi connectivity index (χ0v) is 17.2. The number of hydrogen-bond donors (Lipinski definition) is 2. The highest BCUT2D eigenvalue weighted by atomic mass is 32.1. The van der Waals surface area contributed by atoms with Crippen molar-refractivity contribution in [3.05, 3.63) is 52.7 Å². The van der Waals surface area contributed by atoms with Crippen LogP contribution in [-0.4, -0.2) is 41.9 Å². The molecule has 1 atom stereocenters. The lowest BCUT2D eigenvalue weighted by Crippen LogP contribution is -2.44. The number of carbonyl (C=O) groups excluding carboxylic acids is 4. The first-order valence-corrected chi connectivity index (χ1v) is 10.1. The molecule has 1 fully saturated rings. The number of esters is 1. The third-order valence-corrected chi connectivity index (χ3v) is 5.59. The van der Waals surface area contributed by atoms with Crippen molar-refractivity contribution < 1.29 is 28.3 Å². The van der Waals surface area contributed by atoms with E-state index in [4.69, 9.17) is 4.74 Å². The van der Waals surface area contributed by atoms with Gasteiger partial charge in [0.15, 0.2) is 0 Å². The number of anilines is 1. The fourth-order valence-corrected chi connectivity index (χ4v) is 4.02. The summed E-state index contributed by atoms with van der Waals surface area (Å²) in [6.45, 7) is 3.03. The number of amides is 4. The Hall–Kier alpha value is -3.27. The summed E-state index contributed by atoms with van der Waals surface area (Å²) in [5, 5.41) is 7.06. The van der Waals surface area contributed by atoms with E-state index in [2.05, 4.69) is 10.6 Å². The molecule has 2 heterocycles. The first-order valence-electron chi connectivity index (χ1n) is 9.27. The highest BCUT2D eigenvalue weighted by Gasteiger charge is 2.51. The van der Waals surface area contributed by atoms with Crippen molar-refractivity contribution in [3.8, 4) is 0 Å². The van der Waals surface area contributed by atoms with Crippen LogP contribution >= 0.6 is 11.3 Å². The fourth-order valence-electron chi connectivity index (χ4n) is 3.23. The van der Waals surface area contributed by atoms with E-state index in [1.54, 1.807) is 19.2 Å². The van der Waals surface area contributed by atoms with Gasteiger partial charge in [-0.15, -0.1) is 11.3 Å². The topological polar surface area (TPSA) is 105 Å². The predicted octanol–water partition coefficient (Wildman–Crippen LogP) is 2.86. The minimum Gasteiger partial charge on any atom is -0.462 e. The first kappa shape index (κ1) is 21.4. The standard InChI is InChI=1S/C20H20FN3O5S/c1-3-20(12-5-7-13(21)8-6-12)18(27)24(19(28)23-20)11-15(25)22-16-14(9-10-30-16)17(26)29-4-2/h5-10H,3-4,11H2,1-2H3,(H,22,25)(H,23,28). The Bertz CT molecular complexity index is 991. The molecule has 8 nitrogen and oxygen atoms in total. The van der Waals surface area contributed by atoms with E-state index in [0.717, 1.165) is 16.2 Å². The zero-order valence-electron chi connectivity index (χ0n) is 16.4. The summed E-state index contributed by atoms with van der Waals surface area (Å²) in [7, 11) is 0. The van der Waals surface area contributed by atoms with Crippen LogP contribution in [0.15, 0.2) is 35.7 Å². The van der Waals surface area contributed by atoms with E-state index in [1.165, 1.54) is 30.3 Å². The summed E-state index contributed by atoms with van der Waals surface area (Å²) in [5.74, 6) is -2.29. The van der Waals surface area contributed by atoms with Gasteiger partial charge in [-0.1, -0.05) is 19.1 Å². The van der Waals surface area contributed by atoms with E-state index < -0.39 is 41.7 Å². The van der Waals surface area contributed by atoms with Gasteiger partial charge in [0.05, 0.1) is 12.2 Å². The van der Waals surface area contributed by atoms with Crippen molar-refractivity contribution in [2.24, 2.45) is 0 Å². The minimum absolute atomic E-state index is 0.188. The Morgan fingerprint density at radius 3 is 2.53 bits per heavy atom. The second kappa shape index (κ2) is 8.62. The monoisotopic (exact) mass is 433 g/mol. The normalized spacial score (nSPS) is 18.3. The number of hydrogen-bond acceptors (Lipinski definition) is 6. The van der Waals surface area contributed by atoms with Crippen LogP contribution in [0.1, 0.15) is 36.2 Å². The highest BCUT2D eigenvalue weighted by molar-refractivity contribution is 7.14. The number of benzene rings is 1. The van der Waals surface area contributed by atoms with Crippen LogP contribution in [0.3, 0.4) is 0 Å². The number of rotatable bonds is 7. The second-order valence-electron chi connectivity index (χ2n) is 6.52. The molecule has 0 radical (unpaired) electrons. The van der Waals surface area contributed by atoms with Gasteiger partial charge < -0.3 is 15.4 Å². The molecule has 158 valence electrons. The average molecular weight is 433 g/mol. The number of nitrogens with one attached hydrogen (secondary N) is 2. The third kappa shape index (κ3) is 3.90. The molecule has 0 spiro atoms. The van der Waals surface area contributed by atoms with Crippen molar-refractivity contribution >= 4 is 40.2 Å². The maximum absolute atomic E-state index is 13.3. The summed E-state index contributed by atoms with van der Waals surface area (Å²) >= 11 is 1.12. The number of urea groups is 1. The predicted molar refractivity (Wildman–Crippen MR) is 108 cm³/mol. The first-order chi connectivity index (χ1) is 14.3. The van der Waals surface area contributed by atoms with Crippen molar-refractivity contribution in [2.75, 3.05) is 18.5 Å². The van der Waals surface area contributed by atoms with E-state index >= 15 is 0 Å². The molecule has 0 aliphatic carbocycles. The SMILES string of the molecule is CCOC(=O)c1ccsc1NC(=O)CN1C(=O)NC(CC)(c2ccc(F)cc2)C1=O. The van der Waals surface area contributed by atoms with E-state index in [-0.39, 0.29) is 23.6 Å². The summed E-state index contributed by atoms with van der Waals surface area (Å²) < 4.78 is 18.2. The van der Waals surface area contributed by atoms with Crippen molar-refractivity contribution in [1.82, 2.24) is 10.2 Å². The van der Waals surface area contributed by atoms with E-state index in [9.17, 15) is 23.6 Å². The molecule has 30 heavy (non-hydrogen) atoms. The molecule has 2 aromatic rings. The van der Waals surface area contributed by atoms with Gasteiger partial charge >= 0.3 is 12.0 Å². The van der Waals surface area contributed by atoms with Crippen LogP contribution in [-0.2, 0) is 19.9 Å². The highest BCUT2D eigenvalue weighted by Crippen LogP contribution is 2.32. The van der Waals surface area contributed by atoms with Gasteiger partial charge in [0, 0.05) is 0 Å². The Labute approximate surface area is 176 Å².